The summed E-state index contributed by atoms with van der Waals surface area (Å²) in [6.45, 7) is 1.62. The van der Waals surface area contributed by atoms with Crippen molar-refractivity contribution in [3.63, 3.8) is 0 Å². The van der Waals surface area contributed by atoms with E-state index in [0.717, 1.165) is 18.8 Å². The number of aromatic amines is 1. The van der Waals surface area contributed by atoms with E-state index in [-0.39, 0.29) is 5.56 Å². The van der Waals surface area contributed by atoms with Crippen LogP contribution < -0.4 is 16.2 Å². The molecule has 2 aromatic carbocycles. The van der Waals surface area contributed by atoms with Gasteiger partial charge in [0.05, 0.1) is 28.6 Å². The van der Waals surface area contributed by atoms with Gasteiger partial charge >= 0.3 is 0 Å². The molecule has 0 saturated carbocycles. The van der Waals surface area contributed by atoms with Crippen LogP contribution in [0.15, 0.2) is 47.5 Å². The van der Waals surface area contributed by atoms with Gasteiger partial charge in [0.15, 0.2) is 0 Å². The fraction of sp³-hybridized carbons (Fsp3) is 0.125. The maximum absolute atomic E-state index is 11.9. The van der Waals surface area contributed by atoms with Gasteiger partial charge in [-0.2, -0.15) is 0 Å². The van der Waals surface area contributed by atoms with Crippen LogP contribution >= 0.6 is 0 Å². The van der Waals surface area contributed by atoms with Crippen LogP contribution in [0.5, 0.6) is 0 Å². The number of nitrogens with two attached hydrogens (primary N) is 1. The minimum absolute atomic E-state index is 0.141. The van der Waals surface area contributed by atoms with Crippen molar-refractivity contribution in [2.24, 2.45) is 0 Å². The maximum Gasteiger partial charge on any atom is 0.258 e. The van der Waals surface area contributed by atoms with Crippen LogP contribution in [-0.2, 0) is 13.1 Å². The lowest BCUT2D eigenvalue weighted by Gasteiger charge is -2.20. The number of H-pyrrole nitrogens is 1. The number of aromatic nitrogens is 2. The number of rotatable bonds is 1. The normalized spacial score (nSPS) is 13.6. The Balaban J connectivity index is 1.83. The number of hydrogen-bond acceptors (Lipinski definition) is 4. The number of nitrogen functional groups attached to an aromatic ring is 1. The predicted molar refractivity (Wildman–Crippen MR) is 83.1 cm³/mol. The Hall–Kier alpha value is -2.82. The Morgan fingerprint density at radius 1 is 1.14 bits per heavy atom. The molecule has 4 rings (SSSR count). The fourth-order valence-electron chi connectivity index (χ4n) is 2.90. The van der Waals surface area contributed by atoms with Crippen molar-refractivity contribution in [1.29, 1.82) is 0 Å². The second-order valence-electron chi connectivity index (χ2n) is 5.28. The lowest BCUT2D eigenvalue weighted by Crippen LogP contribution is -2.17. The van der Waals surface area contributed by atoms with E-state index in [1.807, 2.05) is 18.2 Å². The average Bonchev–Trinajstić information content (AvgIpc) is 2.90. The summed E-state index contributed by atoms with van der Waals surface area (Å²) in [5.74, 6) is 0. The minimum Gasteiger partial charge on any atom is -0.397 e. The van der Waals surface area contributed by atoms with Gasteiger partial charge in [0.2, 0.25) is 0 Å². The van der Waals surface area contributed by atoms with Crippen LogP contribution in [0, 0.1) is 0 Å². The van der Waals surface area contributed by atoms with Gasteiger partial charge in [-0.1, -0.05) is 24.3 Å². The van der Waals surface area contributed by atoms with E-state index in [4.69, 9.17) is 5.73 Å². The van der Waals surface area contributed by atoms with Crippen molar-refractivity contribution in [3.8, 4) is 0 Å². The summed E-state index contributed by atoms with van der Waals surface area (Å²) in [5, 5.41) is 0.567. The Bertz CT molecular complexity index is 875. The van der Waals surface area contributed by atoms with E-state index in [2.05, 4.69) is 27.0 Å². The van der Waals surface area contributed by atoms with Crippen LogP contribution in [0.3, 0.4) is 0 Å². The molecular formula is C16H14N4O. The van der Waals surface area contributed by atoms with Crippen LogP contribution in [-0.4, -0.2) is 9.97 Å². The Kier molecular flexibility index (Phi) is 2.47. The van der Waals surface area contributed by atoms with Crippen molar-refractivity contribution in [2.45, 2.75) is 13.1 Å². The molecule has 1 aliphatic rings. The summed E-state index contributed by atoms with van der Waals surface area (Å²) in [7, 11) is 0. The van der Waals surface area contributed by atoms with Crippen LogP contribution in [0.1, 0.15) is 11.1 Å². The third-order valence-corrected chi connectivity index (χ3v) is 3.97. The van der Waals surface area contributed by atoms with Gasteiger partial charge in [-0.15, -0.1) is 0 Å². The molecule has 0 fully saturated rings. The molecule has 0 atom stereocenters. The van der Waals surface area contributed by atoms with E-state index in [1.54, 1.807) is 6.07 Å². The van der Waals surface area contributed by atoms with Crippen molar-refractivity contribution in [1.82, 2.24) is 9.97 Å². The van der Waals surface area contributed by atoms with E-state index in [1.165, 1.54) is 17.5 Å². The maximum atomic E-state index is 11.9. The molecule has 0 bridgehead atoms. The lowest BCUT2D eigenvalue weighted by atomic mass is 10.1. The topological polar surface area (TPSA) is 75.0 Å². The summed E-state index contributed by atoms with van der Waals surface area (Å²) in [5.41, 5.74) is 10.8. The Morgan fingerprint density at radius 3 is 2.57 bits per heavy atom. The number of hydrogen-bond donors (Lipinski definition) is 2. The minimum atomic E-state index is -0.141. The zero-order valence-corrected chi connectivity index (χ0v) is 11.3. The van der Waals surface area contributed by atoms with E-state index in [9.17, 15) is 4.79 Å². The zero-order chi connectivity index (χ0) is 14.4. The van der Waals surface area contributed by atoms with Gasteiger partial charge in [-0.25, -0.2) is 4.98 Å². The highest BCUT2D eigenvalue weighted by Gasteiger charge is 2.21. The highest BCUT2D eigenvalue weighted by Crippen LogP contribution is 2.33. The second-order valence-corrected chi connectivity index (χ2v) is 5.28. The lowest BCUT2D eigenvalue weighted by molar-refractivity contribution is 0.883. The molecule has 0 spiro atoms. The average molecular weight is 278 g/mol. The largest absolute Gasteiger partial charge is 0.397 e. The van der Waals surface area contributed by atoms with Gasteiger partial charge < -0.3 is 15.6 Å². The van der Waals surface area contributed by atoms with E-state index in [0.29, 0.717) is 16.6 Å². The second kappa shape index (κ2) is 4.34. The summed E-state index contributed by atoms with van der Waals surface area (Å²) in [6, 6.07) is 11.9. The molecule has 0 aliphatic carbocycles. The van der Waals surface area contributed by atoms with Gasteiger partial charge in [0.1, 0.15) is 0 Å². The monoisotopic (exact) mass is 278 g/mol. The first-order chi connectivity index (χ1) is 10.2. The molecule has 5 heteroatoms. The molecule has 3 N–H and O–H groups in total. The van der Waals surface area contributed by atoms with Crippen LogP contribution in [0.4, 0.5) is 11.4 Å². The fourth-order valence-corrected chi connectivity index (χ4v) is 2.90. The van der Waals surface area contributed by atoms with Crippen molar-refractivity contribution in [3.05, 3.63) is 64.2 Å². The highest BCUT2D eigenvalue weighted by atomic mass is 16.1. The quantitative estimate of drug-likeness (QED) is 0.668. The number of fused-ring (bicyclic) bond motifs is 2. The summed E-state index contributed by atoms with van der Waals surface area (Å²) >= 11 is 0. The van der Waals surface area contributed by atoms with Gasteiger partial charge in [-0.3, -0.25) is 4.79 Å². The summed E-state index contributed by atoms with van der Waals surface area (Å²) in [6.07, 6.45) is 1.40. The van der Waals surface area contributed by atoms with Crippen molar-refractivity contribution < 1.29 is 0 Å². The Morgan fingerprint density at radius 2 is 1.86 bits per heavy atom. The van der Waals surface area contributed by atoms with Crippen LogP contribution in [0.2, 0.25) is 0 Å². The molecule has 0 unspecified atom stereocenters. The smallest absolute Gasteiger partial charge is 0.258 e. The van der Waals surface area contributed by atoms with E-state index >= 15 is 0 Å². The molecule has 0 radical (unpaired) electrons. The molecule has 2 heterocycles. The summed E-state index contributed by atoms with van der Waals surface area (Å²) in [4.78, 5) is 20.9. The molecule has 1 aromatic heterocycles. The van der Waals surface area contributed by atoms with E-state index < -0.39 is 0 Å². The summed E-state index contributed by atoms with van der Waals surface area (Å²) < 4.78 is 0. The zero-order valence-electron chi connectivity index (χ0n) is 11.3. The molecular weight excluding hydrogens is 264 g/mol. The van der Waals surface area contributed by atoms with Gasteiger partial charge in [0, 0.05) is 13.1 Å². The van der Waals surface area contributed by atoms with Crippen molar-refractivity contribution >= 4 is 22.3 Å². The standard InChI is InChI=1S/C16H14N4O/c17-13-6-14-12(16(21)19-9-18-14)5-15(13)20-7-10-3-1-2-4-11(10)8-20/h1-6,9H,7-8,17H2,(H,18,19,21). The number of benzene rings is 2. The molecule has 21 heavy (non-hydrogen) atoms. The number of nitrogens with zero attached hydrogens (tertiary/aromatic N) is 2. The first kappa shape index (κ1) is 12.0. The number of anilines is 2. The molecule has 5 nitrogen and oxygen atoms in total. The SMILES string of the molecule is Nc1cc2nc[nH]c(=O)c2cc1N1Cc2ccccc2C1. The third-order valence-electron chi connectivity index (χ3n) is 3.97. The molecule has 104 valence electrons. The third kappa shape index (κ3) is 1.86. The first-order valence-corrected chi connectivity index (χ1v) is 6.81. The molecule has 0 saturated heterocycles. The predicted octanol–water partition coefficient (Wildman–Crippen LogP) is 2.03. The van der Waals surface area contributed by atoms with Crippen molar-refractivity contribution in [2.75, 3.05) is 10.6 Å². The van der Waals surface area contributed by atoms with Gasteiger partial charge in [-0.05, 0) is 23.3 Å². The van der Waals surface area contributed by atoms with Crippen LogP contribution in [0.25, 0.3) is 10.9 Å². The van der Waals surface area contributed by atoms with Gasteiger partial charge in [0.25, 0.3) is 5.56 Å². The Labute approximate surface area is 121 Å². The highest BCUT2D eigenvalue weighted by molar-refractivity contribution is 5.88. The first-order valence-electron chi connectivity index (χ1n) is 6.81. The molecule has 1 aliphatic heterocycles. The number of nitrogens with one attached hydrogen (secondary N) is 1. The molecule has 3 aromatic rings. The molecule has 0 amide bonds.